The van der Waals surface area contributed by atoms with Crippen LogP contribution in [0.3, 0.4) is 0 Å². The van der Waals surface area contributed by atoms with Gasteiger partial charge >= 0.3 is 6.09 Å². The Labute approximate surface area is 191 Å². The van der Waals surface area contributed by atoms with Crippen LogP contribution < -0.4 is 11.1 Å². The van der Waals surface area contributed by atoms with E-state index in [1.165, 1.54) is 6.08 Å². The van der Waals surface area contributed by atoms with Crippen LogP contribution in [-0.2, 0) is 9.53 Å². The van der Waals surface area contributed by atoms with E-state index in [-0.39, 0.29) is 18.0 Å². The molecule has 3 N–H and O–H groups in total. The molecule has 9 nitrogen and oxygen atoms in total. The lowest BCUT2D eigenvalue weighted by Gasteiger charge is -2.31. The van der Waals surface area contributed by atoms with E-state index in [2.05, 4.69) is 10.4 Å². The first kappa shape index (κ1) is 22.2. The summed E-state index contributed by atoms with van der Waals surface area (Å²) in [6.07, 6.45) is 8.08. The maximum absolute atomic E-state index is 12.2. The maximum Gasteiger partial charge on any atom is 0.409 e. The molecule has 1 saturated heterocycles. The number of benzene rings is 1. The summed E-state index contributed by atoms with van der Waals surface area (Å²) in [4.78, 5) is 25.8. The highest BCUT2D eigenvalue weighted by molar-refractivity contribution is 6.03. The van der Waals surface area contributed by atoms with Gasteiger partial charge in [0.25, 0.3) is 0 Å². The van der Waals surface area contributed by atoms with Crippen molar-refractivity contribution in [1.29, 1.82) is 0 Å². The highest BCUT2D eigenvalue weighted by atomic mass is 16.6. The average molecular weight is 450 g/mol. The second kappa shape index (κ2) is 10.1. The predicted molar refractivity (Wildman–Crippen MR) is 125 cm³/mol. The molecule has 4 rings (SSSR count). The van der Waals surface area contributed by atoms with Gasteiger partial charge in [0.2, 0.25) is 5.91 Å². The minimum atomic E-state index is -0.298. The molecule has 0 saturated carbocycles. The number of hydrogen-bond acceptors (Lipinski definition) is 6. The molecule has 0 radical (unpaired) electrons. The number of piperidine rings is 1. The number of para-hydroxylation sites is 2. The van der Waals surface area contributed by atoms with Crippen LogP contribution in [0, 0.1) is 0 Å². The Morgan fingerprint density at radius 2 is 2.03 bits per heavy atom. The van der Waals surface area contributed by atoms with Crippen LogP contribution in [0.25, 0.3) is 17.4 Å². The van der Waals surface area contributed by atoms with E-state index < -0.39 is 0 Å². The molecule has 3 heterocycles. The van der Waals surface area contributed by atoms with Crippen molar-refractivity contribution in [3.63, 3.8) is 0 Å². The van der Waals surface area contributed by atoms with Gasteiger partial charge in [-0.3, -0.25) is 9.48 Å². The summed E-state index contributed by atoms with van der Waals surface area (Å²) in [5.41, 5.74) is 7.76. The SMILES string of the molecule is CCOC(=O)N1CCC(n2cc(-c3ccc(/C=C/C(=O)Nc4ccccc4N)o3)cn2)CC1. The molecule has 2 aromatic heterocycles. The first-order valence-electron chi connectivity index (χ1n) is 10.9. The second-order valence-corrected chi connectivity index (χ2v) is 7.74. The summed E-state index contributed by atoms with van der Waals surface area (Å²) >= 11 is 0. The van der Waals surface area contributed by atoms with Gasteiger partial charge in [-0.2, -0.15) is 5.10 Å². The van der Waals surface area contributed by atoms with Crippen molar-refractivity contribution in [2.24, 2.45) is 0 Å². The number of carbonyl (C=O) groups is 2. The zero-order valence-electron chi connectivity index (χ0n) is 18.4. The van der Waals surface area contributed by atoms with Crippen molar-refractivity contribution in [3.8, 4) is 11.3 Å². The highest BCUT2D eigenvalue weighted by Gasteiger charge is 2.25. The molecule has 3 aromatic rings. The first-order valence-corrected chi connectivity index (χ1v) is 10.9. The highest BCUT2D eigenvalue weighted by Crippen LogP contribution is 2.27. The van der Waals surface area contributed by atoms with Crippen molar-refractivity contribution >= 4 is 29.5 Å². The molecule has 0 atom stereocenters. The molecule has 172 valence electrons. The van der Waals surface area contributed by atoms with E-state index in [1.807, 2.05) is 23.9 Å². The van der Waals surface area contributed by atoms with Crippen LogP contribution in [0.2, 0.25) is 0 Å². The van der Waals surface area contributed by atoms with Gasteiger partial charge in [0, 0.05) is 25.4 Å². The average Bonchev–Trinajstić information content (AvgIpc) is 3.49. The predicted octanol–water partition coefficient (Wildman–Crippen LogP) is 4.17. The molecule has 0 unspecified atom stereocenters. The number of nitrogen functional groups attached to an aromatic ring is 1. The van der Waals surface area contributed by atoms with Gasteiger partial charge in [0.05, 0.1) is 35.8 Å². The van der Waals surface area contributed by atoms with Gasteiger partial charge in [0.15, 0.2) is 0 Å². The third-order valence-corrected chi connectivity index (χ3v) is 5.50. The molecule has 0 aliphatic carbocycles. The number of aromatic nitrogens is 2. The molecule has 9 heteroatoms. The van der Waals surface area contributed by atoms with Crippen molar-refractivity contribution in [3.05, 3.63) is 60.6 Å². The van der Waals surface area contributed by atoms with Crippen LogP contribution >= 0.6 is 0 Å². The van der Waals surface area contributed by atoms with E-state index >= 15 is 0 Å². The Bertz CT molecular complexity index is 1140. The number of likely N-dealkylation sites (tertiary alicyclic amines) is 1. The number of nitrogens with zero attached hydrogens (tertiary/aromatic N) is 3. The largest absolute Gasteiger partial charge is 0.457 e. The summed E-state index contributed by atoms with van der Waals surface area (Å²) in [7, 11) is 0. The topological polar surface area (TPSA) is 116 Å². The summed E-state index contributed by atoms with van der Waals surface area (Å²) in [5.74, 6) is 0.919. The van der Waals surface area contributed by atoms with E-state index in [4.69, 9.17) is 14.9 Å². The molecule has 2 amide bonds. The number of rotatable bonds is 6. The Kier molecular flexibility index (Phi) is 6.77. The third-order valence-electron chi connectivity index (χ3n) is 5.50. The minimum Gasteiger partial charge on any atom is -0.457 e. The number of amides is 2. The molecular formula is C24H27N5O4. The molecule has 0 bridgehead atoms. The maximum atomic E-state index is 12.2. The number of furan rings is 1. The van der Waals surface area contributed by atoms with Gasteiger partial charge in [0.1, 0.15) is 11.5 Å². The lowest BCUT2D eigenvalue weighted by molar-refractivity contribution is -0.111. The molecule has 33 heavy (non-hydrogen) atoms. The fraction of sp³-hybridized carbons (Fsp3) is 0.292. The standard InChI is InChI=1S/C24H27N5O4/c1-2-32-24(31)28-13-11-18(12-14-28)29-16-17(15-26-29)22-9-7-19(33-22)8-10-23(30)27-21-6-4-3-5-20(21)25/h3-10,15-16,18H,2,11-14,25H2,1H3,(H,27,30)/b10-8+. The van der Waals surface area contributed by atoms with Crippen molar-refractivity contribution in [2.45, 2.75) is 25.8 Å². The molecule has 0 spiro atoms. The first-order chi connectivity index (χ1) is 16.0. The van der Waals surface area contributed by atoms with Gasteiger partial charge in [-0.25, -0.2) is 4.79 Å². The second-order valence-electron chi connectivity index (χ2n) is 7.74. The number of nitrogens with two attached hydrogens (primary N) is 1. The number of ether oxygens (including phenoxy) is 1. The summed E-state index contributed by atoms with van der Waals surface area (Å²) in [6, 6.07) is 10.9. The zero-order chi connectivity index (χ0) is 23.2. The summed E-state index contributed by atoms with van der Waals surface area (Å²) in [6.45, 7) is 3.48. The number of anilines is 2. The van der Waals surface area contributed by atoms with Crippen LogP contribution in [0.1, 0.15) is 31.6 Å². The number of carbonyl (C=O) groups excluding carboxylic acids is 2. The molecule has 1 aromatic carbocycles. The fourth-order valence-corrected chi connectivity index (χ4v) is 3.73. The van der Waals surface area contributed by atoms with E-state index in [9.17, 15) is 9.59 Å². The summed E-state index contributed by atoms with van der Waals surface area (Å²) < 4.78 is 12.9. The Morgan fingerprint density at radius 3 is 2.79 bits per heavy atom. The molecule has 1 aliphatic rings. The molecule has 1 aliphatic heterocycles. The minimum absolute atomic E-state index is 0.216. The van der Waals surface area contributed by atoms with Crippen LogP contribution in [0.4, 0.5) is 16.2 Å². The monoisotopic (exact) mass is 449 g/mol. The lowest BCUT2D eigenvalue weighted by atomic mass is 10.1. The quantitative estimate of drug-likeness (QED) is 0.431. The molecular weight excluding hydrogens is 422 g/mol. The van der Waals surface area contributed by atoms with Crippen molar-refractivity contribution in [2.75, 3.05) is 30.7 Å². The van der Waals surface area contributed by atoms with Gasteiger partial charge in [-0.05, 0) is 50.1 Å². The Hall–Kier alpha value is -4.01. The number of hydrogen-bond donors (Lipinski definition) is 2. The molecule has 1 fully saturated rings. The van der Waals surface area contributed by atoms with E-state index in [0.717, 1.165) is 18.4 Å². The zero-order valence-corrected chi connectivity index (χ0v) is 18.4. The third kappa shape index (κ3) is 5.43. The lowest BCUT2D eigenvalue weighted by Crippen LogP contribution is -2.39. The smallest absolute Gasteiger partial charge is 0.409 e. The van der Waals surface area contributed by atoms with Crippen molar-refractivity contribution < 1.29 is 18.7 Å². The van der Waals surface area contributed by atoms with Crippen LogP contribution in [0.5, 0.6) is 0 Å². The Balaban J connectivity index is 1.34. The van der Waals surface area contributed by atoms with Gasteiger partial charge < -0.3 is 25.1 Å². The normalized spacial score (nSPS) is 14.5. The fourth-order valence-electron chi connectivity index (χ4n) is 3.73. The van der Waals surface area contributed by atoms with E-state index in [0.29, 0.717) is 42.6 Å². The Morgan fingerprint density at radius 1 is 1.24 bits per heavy atom. The van der Waals surface area contributed by atoms with Gasteiger partial charge in [-0.1, -0.05) is 12.1 Å². The summed E-state index contributed by atoms with van der Waals surface area (Å²) in [5, 5.41) is 7.23. The van der Waals surface area contributed by atoms with E-state index in [1.54, 1.807) is 47.5 Å². The van der Waals surface area contributed by atoms with Crippen LogP contribution in [0.15, 0.2) is 59.3 Å². The van der Waals surface area contributed by atoms with Crippen LogP contribution in [-0.4, -0.2) is 46.4 Å². The van der Waals surface area contributed by atoms with Crippen molar-refractivity contribution in [1.82, 2.24) is 14.7 Å². The van der Waals surface area contributed by atoms with Gasteiger partial charge in [-0.15, -0.1) is 0 Å². The number of nitrogens with one attached hydrogen (secondary N) is 1.